The van der Waals surface area contributed by atoms with E-state index in [0.29, 0.717) is 24.6 Å². The number of anilines is 1. The maximum absolute atomic E-state index is 11.2. The van der Waals surface area contributed by atoms with Crippen molar-refractivity contribution < 1.29 is 14.3 Å². The molecule has 7 nitrogen and oxygen atoms in total. The van der Waals surface area contributed by atoms with E-state index >= 15 is 0 Å². The van der Waals surface area contributed by atoms with Gasteiger partial charge in [0.2, 0.25) is 5.91 Å². The number of ether oxygens (including phenoxy) is 2. The van der Waals surface area contributed by atoms with Gasteiger partial charge in [0.15, 0.2) is 0 Å². The number of benzene rings is 1. The Morgan fingerprint density at radius 1 is 1.42 bits per heavy atom. The Labute approximate surface area is 150 Å². The zero-order valence-electron chi connectivity index (χ0n) is 14.4. The summed E-state index contributed by atoms with van der Waals surface area (Å²) in [5.74, 6) is 4.02. The SMILES string of the molecule is COC1=C=[N+]=CC=C1c1cc2n(n1)Cc1ccc(NC(C)=O)cc1OC2. The summed E-state index contributed by atoms with van der Waals surface area (Å²) < 4.78 is 17.1. The Bertz CT molecular complexity index is 1040. The van der Waals surface area contributed by atoms with Gasteiger partial charge in [-0.15, -0.1) is 0 Å². The third-order valence-corrected chi connectivity index (χ3v) is 4.15. The van der Waals surface area contributed by atoms with E-state index in [0.717, 1.165) is 28.3 Å². The van der Waals surface area contributed by atoms with E-state index in [1.54, 1.807) is 13.3 Å². The minimum Gasteiger partial charge on any atom is -0.487 e. The molecule has 1 aromatic carbocycles. The van der Waals surface area contributed by atoms with Crippen LogP contribution in [0.4, 0.5) is 5.69 Å². The van der Waals surface area contributed by atoms with Gasteiger partial charge in [-0.05, 0) is 16.8 Å². The molecular weight excluding hydrogens is 332 g/mol. The number of aromatic nitrogens is 2. The molecule has 2 aliphatic heterocycles. The first-order valence-corrected chi connectivity index (χ1v) is 8.15. The zero-order valence-corrected chi connectivity index (χ0v) is 14.4. The van der Waals surface area contributed by atoms with Crippen LogP contribution in [-0.2, 0) is 22.7 Å². The lowest BCUT2D eigenvalue weighted by atomic mass is 10.1. The smallest absolute Gasteiger partial charge is 0.358 e. The zero-order chi connectivity index (χ0) is 18.1. The number of rotatable bonds is 3. The number of nitrogens with zero attached hydrogens (tertiary/aromatic N) is 3. The van der Waals surface area contributed by atoms with Gasteiger partial charge in [0.1, 0.15) is 12.4 Å². The quantitative estimate of drug-likeness (QED) is 0.852. The summed E-state index contributed by atoms with van der Waals surface area (Å²) in [7, 11) is 1.59. The van der Waals surface area contributed by atoms with Crippen LogP contribution in [-0.4, -0.2) is 34.9 Å². The van der Waals surface area contributed by atoms with E-state index in [1.807, 2.05) is 35.0 Å². The van der Waals surface area contributed by atoms with E-state index in [1.165, 1.54) is 6.92 Å². The predicted octanol–water partition coefficient (Wildman–Crippen LogP) is 1.52. The summed E-state index contributed by atoms with van der Waals surface area (Å²) in [4.78, 5) is 11.2. The van der Waals surface area contributed by atoms with Crippen molar-refractivity contribution in [2.45, 2.75) is 20.1 Å². The van der Waals surface area contributed by atoms with Crippen LogP contribution in [0.15, 0.2) is 36.1 Å². The van der Waals surface area contributed by atoms with Gasteiger partial charge in [0, 0.05) is 30.3 Å². The van der Waals surface area contributed by atoms with Crippen molar-refractivity contribution in [3.8, 4) is 5.75 Å². The highest BCUT2D eigenvalue weighted by atomic mass is 16.5. The van der Waals surface area contributed by atoms with Crippen LogP contribution in [0.2, 0.25) is 0 Å². The molecule has 2 aromatic rings. The van der Waals surface area contributed by atoms with Crippen LogP contribution in [0.3, 0.4) is 0 Å². The summed E-state index contributed by atoms with van der Waals surface area (Å²) in [5.41, 5.74) is 4.30. The lowest BCUT2D eigenvalue weighted by molar-refractivity contribution is -0.114. The summed E-state index contributed by atoms with van der Waals surface area (Å²) >= 11 is 0. The second-order valence-electron chi connectivity index (χ2n) is 5.97. The number of fused-ring (bicyclic) bond motifs is 2. The molecule has 26 heavy (non-hydrogen) atoms. The maximum Gasteiger partial charge on any atom is 0.358 e. The molecule has 130 valence electrons. The van der Waals surface area contributed by atoms with Crippen molar-refractivity contribution in [3.63, 3.8) is 0 Å². The summed E-state index contributed by atoms with van der Waals surface area (Å²) in [6.45, 7) is 2.46. The van der Waals surface area contributed by atoms with Crippen LogP contribution in [0.25, 0.3) is 5.57 Å². The highest BCUT2D eigenvalue weighted by Gasteiger charge is 2.22. The minimum absolute atomic E-state index is 0.112. The van der Waals surface area contributed by atoms with Crippen molar-refractivity contribution in [1.29, 1.82) is 0 Å². The fourth-order valence-corrected chi connectivity index (χ4v) is 2.95. The van der Waals surface area contributed by atoms with E-state index in [2.05, 4.69) is 15.9 Å². The van der Waals surface area contributed by atoms with Crippen molar-refractivity contribution in [3.05, 3.63) is 53.1 Å². The van der Waals surface area contributed by atoms with E-state index in [4.69, 9.17) is 14.6 Å². The molecule has 2 aliphatic rings. The standard InChI is InChI=1S/C19H16N4O3/c1-12(24)21-14-4-3-13-10-23-15(11-26-18(13)7-14)8-17(22-23)16-5-6-20-9-19(16)25-2/h3-8H,10-11H2,1-2H3/p+1. The largest absolute Gasteiger partial charge is 0.487 e. The molecule has 0 atom stereocenters. The summed E-state index contributed by atoms with van der Waals surface area (Å²) in [6.07, 6.45) is 3.52. The lowest BCUT2D eigenvalue weighted by Crippen LogP contribution is -2.07. The number of nitrogens with one attached hydrogen (secondary N) is 1. The van der Waals surface area contributed by atoms with Gasteiger partial charge in [0.25, 0.3) is 5.76 Å². The third kappa shape index (κ3) is 2.93. The molecule has 7 heteroatoms. The molecule has 3 heterocycles. The van der Waals surface area contributed by atoms with Gasteiger partial charge in [-0.25, -0.2) is 0 Å². The van der Waals surface area contributed by atoms with Crippen molar-refractivity contribution in [1.82, 2.24) is 14.4 Å². The number of methoxy groups -OCH3 is 1. The van der Waals surface area contributed by atoms with E-state index in [9.17, 15) is 4.79 Å². The average Bonchev–Trinajstić information content (AvgIpc) is 2.96. The fourth-order valence-electron chi connectivity index (χ4n) is 2.95. The number of carbonyl (C=O) groups excluding carboxylic acids is 1. The second kappa shape index (κ2) is 6.41. The monoisotopic (exact) mass is 349 g/mol. The molecule has 0 saturated heterocycles. The summed E-state index contributed by atoms with van der Waals surface area (Å²) in [6, 6.07) is 7.62. The van der Waals surface area contributed by atoms with Crippen LogP contribution in [0, 0.1) is 0 Å². The van der Waals surface area contributed by atoms with Crippen LogP contribution in [0.5, 0.6) is 5.75 Å². The fraction of sp³-hybridized carbons (Fsp3) is 0.211. The second-order valence-corrected chi connectivity index (χ2v) is 5.97. The first-order chi connectivity index (χ1) is 12.6. The molecule has 1 aromatic heterocycles. The number of carbonyl (C=O) groups is 1. The van der Waals surface area contributed by atoms with Crippen molar-refractivity contribution in [2.75, 3.05) is 12.4 Å². The first kappa shape index (κ1) is 16.0. The first-order valence-electron chi connectivity index (χ1n) is 8.15. The minimum atomic E-state index is -0.112. The van der Waals surface area contributed by atoms with Gasteiger partial charge < -0.3 is 14.8 Å². The third-order valence-electron chi connectivity index (χ3n) is 4.15. The predicted molar refractivity (Wildman–Crippen MR) is 98.1 cm³/mol. The topological polar surface area (TPSA) is 79.5 Å². The highest BCUT2D eigenvalue weighted by Crippen LogP contribution is 2.30. The highest BCUT2D eigenvalue weighted by molar-refractivity contribution is 5.97. The molecule has 0 saturated carbocycles. The molecule has 1 N–H and O–H groups in total. The van der Waals surface area contributed by atoms with E-state index in [-0.39, 0.29) is 5.91 Å². The van der Waals surface area contributed by atoms with Crippen LogP contribution >= 0.6 is 0 Å². The number of allylic oxidation sites excluding steroid dienone is 2. The Morgan fingerprint density at radius 2 is 2.31 bits per heavy atom. The van der Waals surface area contributed by atoms with Gasteiger partial charge in [0.05, 0.1) is 30.6 Å². The Hall–Kier alpha value is -3.53. The van der Waals surface area contributed by atoms with Gasteiger partial charge in [-0.3, -0.25) is 9.48 Å². The Kier molecular flexibility index (Phi) is 3.93. The molecule has 0 unspecified atom stereocenters. The molecule has 4 rings (SSSR count). The molecule has 1 amide bonds. The molecule has 0 radical (unpaired) electrons. The van der Waals surface area contributed by atoms with Crippen molar-refractivity contribution in [2.24, 2.45) is 0 Å². The Balaban J connectivity index is 1.64. The lowest BCUT2D eigenvalue weighted by Gasteiger charge is -2.09. The Morgan fingerprint density at radius 3 is 3.12 bits per heavy atom. The van der Waals surface area contributed by atoms with Crippen LogP contribution in [0.1, 0.15) is 23.9 Å². The number of hydrogen-bond acceptors (Lipinski definition) is 4. The van der Waals surface area contributed by atoms with Crippen molar-refractivity contribution >= 4 is 29.3 Å². The number of hydrogen-bond donors (Lipinski definition) is 1. The normalized spacial score (nSPS) is 14.4. The average molecular weight is 349 g/mol. The van der Waals surface area contributed by atoms with Gasteiger partial charge in [-0.2, -0.15) is 5.10 Å². The van der Waals surface area contributed by atoms with Crippen LogP contribution < -0.4 is 14.7 Å². The molecule has 0 fully saturated rings. The summed E-state index contributed by atoms with van der Waals surface area (Å²) in [5, 5.41) is 7.47. The number of amides is 1. The molecule has 0 aliphatic carbocycles. The van der Waals surface area contributed by atoms with Gasteiger partial charge >= 0.3 is 12.1 Å². The molecule has 0 bridgehead atoms. The molecular formula is C19H17N4O3+. The van der Waals surface area contributed by atoms with E-state index < -0.39 is 0 Å². The van der Waals surface area contributed by atoms with Gasteiger partial charge in [-0.1, -0.05) is 6.07 Å². The molecule has 0 spiro atoms. The maximum atomic E-state index is 11.2.